The maximum Gasteiger partial charge on any atom is 0.311 e. The molecule has 5 aliphatic heterocycles. The van der Waals surface area contributed by atoms with Crippen LogP contribution in [-0.2, 0) is 47.4 Å². The highest BCUT2D eigenvalue weighted by Gasteiger charge is 2.56. The Bertz CT molecular complexity index is 3190. The predicted octanol–water partition coefficient (Wildman–Crippen LogP) is 9.69. The van der Waals surface area contributed by atoms with E-state index in [0.717, 1.165) is 44.8 Å². The number of methoxy groups -OCH3 is 2. The zero-order valence-corrected chi connectivity index (χ0v) is 57.4. The number of halogens is 2. The van der Waals surface area contributed by atoms with Crippen LogP contribution >= 0.6 is 23.2 Å². The molecule has 0 spiro atoms. The van der Waals surface area contributed by atoms with Crippen molar-refractivity contribution in [2.75, 3.05) is 53.5 Å². The molecule has 6 aliphatic rings. The van der Waals surface area contributed by atoms with Crippen molar-refractivity contribution in [1.29, 1.82) is 0 Å². The first-order chi connectivity index (χ1) is 43.0. The molecule has 504 valence electrons. The molecule has 4 saturated heterocycles. The van der Waals surface area contributed by atoms with Crippen LogP contribution in [0.4, 0.5) is 11.4 Å². The van der Waals surface area contributed by atoms with Crippen molar-refractivity contribution in [3.63, 3.8) is 0 Å². The monoisotopic (exact) mass is 1310 g/mol. The number of hydrogen-bond donors (Lipinski definition) is 6. The molecule has 5 heterocycles. The van der Waals surface area contributed by atoms with E-state index < -0.39 is 96.1 Å². The molecule has 0 radical (unpaired) electrons. The van der Waals surface area contributed by atoms with Gasteiger partial charge in [0.05, 0.1) is 101 Å². The SMILES string of the molecule is CC(C)N=c1cc2n(-c3ccc(Cl)cc3)c3ccccc3nc-2cc1Nc1ccc(Cl)cc1.CC[C@H]1OC(=O)[C@H](C)[C@H](OC2CC(C)(OC)C(O)C(C)O2)C(C)[C@@H](OC2OC(C)CC(N(C)C)C2O)[C@](C)(O)C[C@@H](C)[C@@H]2N[C@@H](COCCOC)OC([C@H]2C)[C@]1(C)O. The first-order valence-electron chi connectivity index (χ1n) is 32.1. The highest BCUT2D eigenvalue weighted by atomic mass is 35.5. The molecule has 1 aliphatic carbocycles. The smallest absolute Gasteiger partial charge is 0.311 e. The standard InChI is InChI=1S/C42H78N2O14.C27H22Cl2N4/c1-15-29-42(10,49)37-24(4)32(43-30(56-37)21-52-17-16-50-13)22(2)19-40(8,48)36(58-39-33(45)28(44(11)12)18-23(3)53-39)25(5)34(26(6)38(47)55-29)57-31-20-41(9,51-14)35(46)27(7)54-31;1-17(2)30-24-16-27-25(15-23(24)31-20-11-7-18(28)8-12-20)32-22-5-3-4-6-26(22)33(27)21-13-9-19(29)10-14-21/h22-37,39,43,45-46,48-49H,15-21H2,1-14H3;3-17,31H,1-2H3/t22-,23?,24+,25?,26-,27?,28?,29-,30-,31?,32+,33?,34-,35?,36-,37?,39?,40-,41?,42-;/m1./s1. The molecule has 0 amide bonds. The van der Waals surface area contributed by atoms with Gasteiger partial charge in [-0.15, -0.1) is 0 Å². The van der Waals surface area contributed by atoms with Crippen molar-refractivity contribution in [3.8, 4) is 17.1 Å². The number of nitrogens with one attached hydrogen (secondary N) is 2. The molecular formula is C69H100Cl2N6O14. The minimum absolute atomic E-state index is 0.130. The molecule has 0 saturated carbocycles. The van der Waals surface area contributed by atoms with E-state index in [-0.39, 0.29) is 61.9 Å². The number of ether oxygens (including phenoxy) is 9. The van der Waals surface area contributed by atoms with E-state index in [0.29, 0.717) is 29.7 Å². The van der Waals surface area contributed by atoms with Crippen molar-refractivity contribution in [3.05, 3.63) is 100 Å². The summed E-state index contributed by atoms with van der Waals surface area (Å²) in [4.78, 5) is 26.3. The number of esters is 1. The molecule has 22 heteroatoms. The summed E-state index contributed by atoms with van der Waals surface area (Å²) in [5, 5.41) is 57.3. The van der Waals surface area contributed by atoms with Crippen LogP contribution in [0.15, 0.2) is 89.9 Å². The number of nitrogens with zero attached hydrogens (tertiary/aromatic N) is 4. The van der Waals surface area contributed by atoms with Crippen LogP contribution in [0, 0.1) is 23.7 Å². The highest BCUT2D eigenvalue weighted by molar-refractivity contribution is 6.30. The normalized spacial score (nSPS) is 35.4. The molecule has 20 nitrogen and oxygen atoms in total. The Morgan fingerprint density at radius 2 is 1.54 bits per heavy atom. The van der Waals surface area contributed by atoms with Crippen LogP contribution in [0.3, 0.4) is 0 Å². The van der Waals surface area contributed by atoms with Crippen LogP contribution in [0.1, 0.15) is 109 Å². The second kappa shape index (κ2) is 31.0. The number of likely N-dealkylation sites (N-methyl/N-ethyl adjacent to an activating group) is 1. The third-order valence-corrected chi connectivity index (χ3v) is 19.3. The van der Waals surface area contributed by atoms with E-state index >= 15 is 0 Å². The molecule has 2 bridgehead atoms. The molecule has 10 unspecified atom stereocenters. The molecule has 6 N–H and O–H groups in total. The maximum atomic E-state index is 14.5. The lowest BCUT2D eigenvalue weighted by molar-refractivity contribution is -0.318. The Balaban J connectivity index is 0.000000271. The van der Waals surface area contributed by atoms with Crippen LogP contribution in [-0.4, -0.2) is 192 Å². The number of para-hydroxylation sites is 2. The zero-order valence-electron chi connectivity index (χ0n) is 55.8. The highest BCUT2D eigenvalue weighted by Crippen LogP contribution is 2.43. The Kier molecular flexibility index (Phi) is 24.6. The van der Waals surface area contributed by atoms with Gasteiger partial charge in [-0.1, -0.05) is 63.0 Å². The number of cyclic esters (lactones) is 1. The average molecular weight is 1310 g/mol. The third kappa shape index (κ3) is 17.0. The second-order valence-corrected chi connectivity index (χ2v) is 27.6. The summed E-state index contributed by atoms with van der Waals surface area (Å²) in [6.07, 6.45) is -8.29. The third-order valence-electron chi connectivity index (χ3n) is 18.8. The van der Waals surface area contributed by atoms with Gasteiger partial charge in [-0.05, 0) is 167 Å². The van der Waals surface area contributed by atoms with Crippen molar-refractivity contribution < 1.29 is 67.9 Å². The van der Waals surface area contributed by atoms with Gasteiger partial charge in [-0.2, -0.15) is 0 Å². The molecular weight excluding hydrogens is 1210 g/mol. The van der Waals surface area contributed by atoms with Crippen LogP contribution in [0.2, 0.25) is 10.0 Å². The van der Waals surface area contributed by atoms with Gasteiger partial charge in [0, 0.05) is 72.0 Å². The van der Waals surface area contributed by atoms with Crippen molar-refractivity contribution in [2.24, 2.45) is 28.7 Å². The fourth-order valence-electron chi connectivity index (χ4n) is 13.9. The molecule has 20 atom stereocenters. The summed E-state index contributed by atoms with van der Waals surface area (Å²) < 4.78 is 57.9. The van der Waals surface area contributed by atoms with E-state index in [9.17, 15) is 25.2 Å². The van der Waals surface area contributed by atoms with E-state index in [1.807, 2.05) is 120 Å². The Morgan fingerprint density at radius 1 is 0.868 bits per heavy atom. The van der Waals surface area contributed by atoms with Crippen LogP contribution in [0.5, 0.6) is 0 Å². The number of fused-ring (bicyclic) bond motifs is 4. The van der Waals surface area contributed by atoms with E-state index in [1.54, 1.807) is 41.7 Å². The zero-order chi connectivity index (χ0) is 66.4. The average Bonchev–Trinajstić information content (AvgIpc) is 0.767. The minimum Gasteiger partial charge on any atom is -0.459 e. The van der Waals surface area contributed by atoms with Gasteiger partial charge in [-0.25, -0.2) is 4.98 Å². The largest absolute Gasteiger partial charge is 0.459 e. The lowest BCUT2D eigenvalue weighted by Crippen LogP contribution is -2.67. The molecule has 4 fully saturated rings. The molecule has 9 rings (SSSR count). The summed E-state index contributed by atoms with van der Waals surface area (Å²) in [6, 6.07) is 27.3. The minimum atomic E-state index is -1.64. The number of aromatic nitrogens is 2. The number of hydrogen-bond acceptors (Lipinski definition) is 19. The molecule has 3 aromatic carbocycles. The summed E-state index contributed by atoms with van der Waals surface area (Å²) in [7, 11) is 6.90. The van der Waals surface area contributed by atoms with E-state index in [2.05, 4.69) is 47.2 Å². The number of rotatable bonds is 16. The summed E-state index contributed by atoms with van der Waals surface area (Å²) in [5.41, 5.74) is 2.32. The Hall–Kier alpha value is -4.43. The quantitative estimate of drug-likeness (QED) is 0.0306. The van der Waals surface area contributed by atoms with Gasteiger partial charge in [0.2, 0.25) is 0 Å². The summed E-state index contributed by atoms with van der Waals surface area (Å²) >= 11 is 12.2. The van der Waals surface area contributed by atoms with Gasteiger partial charge in [0.25, 0.3) is 0 Å². The maximum absolute atomic E-state index is 14.5. The van der Waals surface area contributed by atoms with Crippen molar-refractivity contribution in [1.82, 2.24) is 19.8 Å². The van der Waals surface area contributed by atoms with Gasteiger partial charge >= 0.3 is 5.97 Å². The second-order valence-electron chi connectivity index (χ2n) is 26.7. The van der Waals surface area contributed by atoms with Gasteiger partial charge in [-0.3, -0.25) is 15.1 Å². The molecule has 0 aromatic heterocycles. The van der Waals surface area contributed by atoms with Crippen LogP contribution < -0.4 is 16.0 Å². The number of carbonyl (C=O) groups is 1. The Labute approximate surface area is 547 Å². The number of anilines is 2. The predicted molar refractivity (Wildman–Crippen MR) is 352 cm³/mol. The fourth-order valence-corrected chi connectivity index (χ4v) is 14.2. The lowest BCUT2D eigenvalue weighted by atomic mass is 9.71. The summed E-state index contributed by atoms with van der Waals surface area (Å²) in [6.45, 7) is 23.2. The van der Waals surface area contributed by atoms with Crippen LogP contribution in [0.25, 0.3) is 28.1 Å². The molecule has 91 heavy (non-hydrogen) atoms. The number of aliphatic hydroxyl groups excluding tert-OH is 2. The topological polar surface area (TPSA) is 239 Å². The van der Waals surface area contributed by atoms with Crippen molar-refractivity contribution >= 4 is 51.6 Å². The number of carbonyl (C=O) groups excluding carboxylic acids is 1. The fraction of sp³-hybridized carbons (Fsp3) is 0.638. The van der Waals surface area contributed by atoms with E-state index in [4.69, 9.17) is 75.8 Å². The number of aliphatic hydroxyl groups is 4. The van der Waals surface area contributed by atoms with Gasteiger partial charge in [0.15, 0.2) is 12.6 Å². The lowest BCUT2D eigenvalue weighted by Gasteiger charge is -2.52. The summed E-state index contributed by atoms with van der Waals surface area (Å²) in [5.74, 6) is -2.95. The first kappa shape index (κ1) is 72.4. The number of benzene rings is 4. The molecule has 3 aromatic rings. The van der Waals surface area contributed by atoms with E-state index in [1.165, 1.54) is 7.11 Å². The van der Waals surface area contributed by atoms with Gasteiger partial charge < -0.3 is 77.8 Å². The Morgan fingerprint density at radius 3 is 2.18 bits per heavy atom. The first-order valence-corrected chi connectivity index (χ1v) is 32.9. The van der Waals surface area contributed by atoms with Crippen molar-refractivity contribution in [2.45, 2.75) is 211 Å². The van der Waals surface area contributed by atoms with Gasteiger partial charge in [0.1, 0.15) is 30.1 Å².